The second kappa shape index (κ2) is 6.37. The van der Waals surface area contributed by atoms with E-state index in [-0.39, 0.29) is 28.5 Å². The van der Waals surface area contributed by atoms with Gasteiger partial charge >= 0.3 is 0 Å². The number of hydrogen-bond donors (Lipinski definition) is 1. The summed E-state index contributed by atoms with van der Waals surface area (Å²) in [6, 6.07) is 11.0. The summed E-state index contributed by atoms with van der Waals surface area (Å²) in [6.07, 6.45) is 5.23. The van der Waals surface area contributed by atoms with Crippen LogP contribution >= 0.6 is 0 Å². The monoisotopic (exact) mass is 352 g/mol. The SMILES string of the molecule is COc1cccc([C@@H]2Nc3ccc([N+](=O)[O-])cc3[C@@H]3C=CC[C@H]32)c1OC. The number of rotatable bonds is 4. The molecule has 3 atom stereocenters. The van der Waals surface area contributed by atoms with Crippen molar-refractivity contribution >= 4 is 11.4 Å². The van der Waals surface area contributed by atoms with Gasteiger partial charge in [-0.2, -0.15) is 0 Å². The van der Waals surface area contributed by atoms with Crippen LogP contribution in [0.4, 0.5) is 11.4 Å². The van der Waals surface area contributed by atoms with Gasteiger partial charge in [0.05, 0.1) is 25.2 Å². The minimum atomic E-state index is -0.342. The highest BCUT2D eigenvalue weighted by Gasteiger charge is 2.40. The van der Waals surface area contributed by atoms with Crippen molar-refractivity contribution in [3.05, 3.63) is 69.8 Å². The lowest BCUT2D eigenvalue weighted by Crippen LogP contribution is -2.29. The van der Waals surface area contributed by atoms with Gasteiger partial charge in [0.15, 0.2) is 11.5 Å². The molecule has 4 rings (SSSR count). The standard InChI is InChI=1S/C20H20N2O4/c1-25-18-8-4-7-15(20(18)26-2)19-14-6-3-5-13(14)16-11-12(22(23)24)9-10-17(16)21-19/h3-5,7-11,13-14,19,21H,6H2,1-2H3/t13-,14-,19-/m1/s1. The van der Waals surface area contributed by atoms with Crippen LogP contribution in [0.1, 0.15) is 29.5 Å². The van der Waals surface area contributed by atoms with Gasteiger partial charge in [-0.1, -0.05) is 24.3 Å². The third kappa shape index (κ3) is 2.49. The van der Waals surface area contributed by atoms with Crippen LogP contribution < -0.4 is 14.8 Å². The highest BCUT2D eigenvalue weighted by molar-refractivity contribution is 5.64. The number of para-hydroxylation sites is 1. The van der Waals surface area contributed by atoms with Gasteiger partial charge in [-0.15, -0.1) is 0 Å². The Morgan fingerprint density at radius 2 is 2.00 bits per heavy atom. The molecule has 0 spiro atoms. The normalized spacial score (nSPS) is 22.9. The van der Waals surface area contributed by atoms with E-state index >= 15 is 0 Å². The number of nitro groups is 1. The molecule has 2 aliphatic rings. The Balaban J connectivity index is 1.81. The molecule has 0 saturated carbocycles. The third-order valence-corrected chi connectivity index (χ3v) is 5.33. The van der Waals surface area contributed by atoms with Crippen molar-refractivity contribution in [3.63, 3.8) is 0 Å². The van der Waals surface area contributed by atoms with Crippen molar-refractivity contribution in [1.82, 2.24) is 0 Å². The summed E-state index contributed by atoms with van der Waals surface area (Å²) in [5.74, 6) is 1.84. The Hall–Kier alpha value is -3.02. The minimum absolute atomic E-state index is 0.0361. The Bertz CT molecular complexity index is 893. The maximum atomic E-state index is 11.2. The molecule has 2 aromatic rings. The largest absolute Gasteiger partial charge is 0.493 e. The van der Waals surface area contributed by atoms with Crippen molar-refractivity contribution in [2.45, 2.75) is 18.4 Å². The van der Waals surface area contributed by atoms with Gasteiger partial charge in [0.25, 0.3) is 5.69 Å². The summed E-state index contributed by atoms with van der Waals surface area (Å²) >= 11 is 0. The molecular formula is C20H20N2O4. The number of ether oxygens (including phenoxy) is 2. The van der Waals surface area contributed by atoms with E-state index in [0.717, 1.165) is 29.0 Å². The van der Waals surface area contributed by atoms with E-state index in [1.807, 2.05) is 18.2 Å². The van der Waals surface area contributed by atoms with E-state index in [2.05, 4.69) is 17.5 Å². The maximum absolute atomic E-state index is 11.2. The number of anilines is 1. The molecule has 0 fully saturated rings. The lowest BCUT2D eigenvalue weighted by molar-refractivity contribution is -0.384. The predicted molar refractivity (Wildman–Crippen MR) is 99.0 cm³/mol. The third-order valence-electron chi connectivity index (χ3n) is 5.33. The molecule has 1 aliphatic heterocycles. The Morgan fingerprint density at radius 3 is 2.73 bits per heavy atom. The van der Waals surface area contributed by atoms with Crippen LogP contribution in [-0.4, -0.2) is 19.1 Å². The molecule has 0 saturated heterocycles. The molecule has 0 unspecified atom stereocenters. The van der Waals surface area contributed by atoms with Crippen LogP contribution in [0.15, 0.2) is 48.6 Å². The summed E-state index contributed by atoms with van der Waals surface area (Å²) < 4.78 is 11.1. The number of nitrogens with one attached hydrogen (secondary N) is 1. The molecule has 0 bridgehead atoms. The van der Waals surface area contributed by atoms with Gasteiger partial charge in [-0.05, 0) is 30.0 Å². The quantitative estimate of drug-likeness (QED) is 0.500. The lowest BCUT2D eigenvalue weighted by atomic mass is 9.76. The summed E-state index contributed by atoms with van der Waals surface area (Å²) in [5, 5.41) is 14.7. The van der Waals surface area contributed by atoms with E-state index in [1.54, 1.807) is 32.4 Å². The van der Waals surface area contributed by atoms with Crippen molar-refractivity contribution in [2.75, 3.05) is 19.5 Å². The number of methoxy groups -OCH3 is 2. The molecule has 1 aliphatic carbocycles. The van der Waals surface area contributed by atoms with Crippen LogP contribution in [0.25, 0.3) is 0 Å². The van der Waals surface area contributed by atoms with Crippen LogP contribution in [-0.2, 0) is 0 Å². The van der Waals surface area contributed by atoms with Crippen LogP contribution in [0.3, 0.4) is 0 Å². The number of benzene rings is 2. The van der Waals surface area contributed by atoms with Gasteiger partial charge in [-0.25, -0.2) is 0 Å². The van der Waals surface area contributed by atoms with Crippen molar-refractivity contribution in [2.24, 2.45) is 5.92 Å². The molecule has 26 heavy (non-hydrogen) atoms. The van der Waals surface area contributed by atoms with Crippen LogP contribution in [0.2, 0.25) is 0 Å². The van der Waals surface area contributed by atoms with Gasteiger partial charge in [0.1, 0.15) is 0 Å². The maximum Gasteiger partial charge on any atom is 0.269 e. The zero-order valence-electron chi connectivity index (χ0n) is 14.6. The first-order valence-corrected chi connectivity index (χ1v) is 8.56. The Morgan fingerprint density at radius 1 is 1.15 bits per heavy atom. The molecular weight excluding hydrogens is 332 g/mol. The number of fused-ring (bicyclic) bond motifs is 3. The smallest absolute Gasteiger partial charge is 0.269 e. The number of non-ortho nitro benzene ring substituents is 1. The van der Waals surface area contributed by atoms with Crippen molar-refractivity contribution in [3.8, 4) is 11.5 Å². The zero-order chi connectivity index (χ0) is 18.3. The average molecular weight is 352 g/mol. The molecule has 6 nitrogen and oxygen atoms in total. The van der Waals surface area contributed by atoms with E-state index in [0.29, 0.717) is 5.75 Å². The van der Waals surface area contributed by atoms with E-state index in [4.69, 9.17) is 9.47 Å². The fourth-order valence-corrected chi connectivity index (χ4v) is 4.16. The van der Waals surface area contributed by atoms with Crippen molar-refractivity contribution in [1.29, 1.82) is 0 Å². The number of nitro benzene ring substituents is 1. The first-order chi connectivity index (χ1) is 12.6. The fourth-order valence-electron chi connectivity index (χ4n) is 4.16. The molecule has 0 aromatic heterocycles. The number of allylic oxidation sites excluding steroid dienone is 2. The van der Waals surface area contributed by atoms with Gasteiger partial charge < -0.3 is 14.8 Å². The molecule has 0 amide bonds. The highest BCUT2D eigenvalue weighted by atomic mass is 16.6. The van der Waals surface area contributed by atoms with Crippen molar-refractivity contribution < 1.29 is 14.4 Å². The van der Waals surface area contributed by atoms with E-state index < -0.39 is 0 Å². The average Bonchev–Trinajstić information content (AvgIpc) is 3.16. The molecule has 0 radical (unpaired) electrons. The fraction of sp³-hybridized carbons (Fsp3) is 0.300. The summed E-state index contributed by atoms with van der Waals surface area (Å²) in [5.41, 5.74) is 3.07. The van der Waals surface area contributed by atoms with Gasteiger partial charge in [0.2, 0.25) is 0 Å². The van der Waals surface area contributed by atoms with Crippen LogP contribution in [0.5, 0.6) is 11.5 Å². The molecule has 2 aromatic carbocycles. The highest BCUT2D eigenvalue weighted by Crippen LogP contribution is 2.52. The minimum Gasteiger partial charge on any atom is -0.493 e. The topological polar surface area (TPSA) is 73.6 Å². The van der Waals surface area contributed by atoms with Crippen LogP contribution in [0, 0.1) is 16.0 Å². The first kappa shape index (κ1) is 16.4. The van der Waals surface area contributed by atoms with E-state index in [1.165, 1.54) is 0 Å². The lowest BCUT2D eigenvalue weighted by Gasteiger charge is -2.38. The number of nitrogens with zero attached hydrogens (tertiary/aromatic N) is 1. The summed E-state index contributed by atoms with van der Waals surface area (Å²) in [6.45, 7) is 0. The molecule has 6 heteroatoms. The second-order valence-electron chi connectivity index (χ2n) is 6.59. The summed E-state index contributed by atoms with van der Waals surface area (Å²) in [4.78, 5) is 10.8. The number of hydrogen-bond acceptors (Lipinski definition) is 5. The summed E-state index contributed by atoms with van der Waals surface area (Å²) in [7, 11) is 3.27. The Kier molecular flexibility index (Phi) is 4.03. The molecule has 134 valence electrons. The van der Waals surface area contributed by atoms with Gasteiger partial charge in [-0.3, -0.25) is 10.1 Å². The first-order valence-electron chi connectivity index (χ1n) is 8.56. The molecule has 1 N–H and O–H groups in total. The molecule has 1 heterocycles. The van der Waals surface area contributed by atoms with E-state index in [9.17, 15) is 10.1 Å². The van der Waals surface area contributed by atoms with Gasteiger partial charge in [0, 0.05) is 29.3 Å². The zero-order valence-corrected chi connectivity index (χ0v) is 14.6. The Labute approximate surface area is 151 Å². The predicted octanol–water partition coefficient (Wildman–Crippen LogP) is 4.44. The second-order valence-corrected chi connectivity index (χ2v) is 6.59.